The second kappa shape index (κ2) is 6.50. The van der Waals surface area contributed by atoms with Crippen LogP contribution in [0.1, 0.15) is 33.2 Å². The molecule has 0 spiro atoms. The Morgan fingerprint density at radius 2 is 1.83 bits per heavy atom. The van der Waals surface area contributed by atoms with Gasteiger partial charge in [0.25, 0.3) is 0 Å². The van der Waals surface area contributed by atoms with Crippen molar-refractivity contribution < 1.29 is 14.3 Å². The number of pyridine rings is 1. The van der Waals surface area contributed by atoms with Crippen LogP contribution in [0.3, 0.4) is 0 Å². The number of nitrogens with zero attached hydrogens (tertiary/aromatic N) is 1. The number of hydrogen-bond donors (Lipinski definition) is 1. The Morgan fingerprint density at radius 1 is 1.04 bits per heavy atom. The fourth-order valence-corrected chi connectivity index (χ4v) is 2.43. The Balaban J connectivity index is 2.03. The van der Waals surface area contributed by atoms with Gasteiger partial charge in [-0.25, -0.2) is 4.39 Å². The Morgan fingerprint density at radius 3 is 2.57 bits per heavy atom. The van der Waals surface area contributed by atoms with Gasteiger partial charge in [0.15, 0.2) is 5.78 Å². The van der Waals surface area contributed by atoms with E-state index in [1.807, 2.05) is 18.2 Å². The maximum absolute atomic E-state index is 13.4. The molecule has 2 aromatic carbocycles. The first-order chi connectivity index (χ1) is 11.2. The number of halogens is 1. The smallest absolute Gasteiger partial charge is 0.195 e. The van der Waals surface area contributed by atoms with E-state index in [1.165, 1.54) is 36.7 Å². The van der Waals surface area contributed by atoms with E-state index in [2.05, 4.69) is 4.98 Å². The van der Waals surface area contributed by atoms with Crippen LogP contribution in [0.2, 0.25) is 0 Å². The molecular formula is C19H14FNO2. The quantitative estimate of drug-likeness (QED) is 0.750. The molecule has 0 aliphatic heterocycles. The monoisotopic (exact) mass is 307 g/mol. The summed E-state index contributed by atoms with van der Waals surface area (Å²) in [4.78, 5) is 16.6. The van der Waals surface area contributed by atoms with E-state index >= 15 is 0 Å². The molecule has 0 saturated carbocycles. The number of aliphatic hydroxyl groups excluding tert-OH is 1. The third kappa shape index (κ3) is 3.17. The van der Waals surface area contributed by atoms with Gasteiger partial charge in [0, 0.05) is 23.5 Å². The third-order valence-electron chi connectivity index (χ3n) is 3.60. The Kier molecular flexibility index (Phi) is 4.26. The van der Waals surface area contributed by atoms with Gasteiger partial charge < -0.3 is 5.11 Å². The van der Waals surface area contributed by atoms with Gasteiger partial charge in [-0.2, -0.15) is 0 Å². The molecule has 1 unspecified atom stereocenters. The normalized spacial score (nSPS) is 11.9. The van der Waals surface area contributed by atoms with Gasteiger partial charge in [-0.05, 0) is 29.3 Å². The van der Waals surface area contributed by atoms with Crippen LogP contribution in [0.4, 0.5) is 4.39 Å². The van der Waals surface area contributed by atoms with Crippen LogP contribution in [0.5, 0.6) is 0 Å². The molecule has 1 aromatic heterocycles. The predicted octanol–water partition coefficient (Wildman–Crippen LogP) is 3.53. The highest BCUT2D eigenvalue weighted by Crippen LogP contribution is 2.26. The minimum absolute atomic E-state index is 0.222. The lowest BCUT2D eigenvalue weighted by atomic mass is 9.94. The summed E-state index contributed by atoms with van der Waals surface area (Å²) in [5.74, 6) is -0.854. The fraction of sp³-hybridized carbons (Fsp3) is 0.0526. The number of hydrogen-bond acceptors (Lipinski definition) is 3. The third-order valence-corrected chi connectivity index (χ3v) is 3.60. The van der Waals surface area contributed by atoms with Gasteiger partial charge >= 0.3 is 0 Å². The Bertz CT molecular complexity index is 834. The highest BCUT2D eigenvalue weighted by atomic mass is 19.1. The van der Waals surface area contributed by atoms with Crippen molar-refractivity contribution >= 4 is 5.78 Å². The number of ketones is 1. The molecule has 1 N–H and O–H groups in total. The first-order valence-electron chi connectivity index (χ1n) is 7.14. The van der Waals surface area contributed by atoms with E-state index in [0.717, 1.165) is 0 Å². The van der Waals surface area contributed by atoms with Crippen LogP contribution in [0.25, 0.3) is 0 Å². The topological polar surface area (TPSA) is 50.2 Å². The summed E-state index contributed by atoms with van der Waals surface area (Å²) in [6.45, 7) is 0. The maximum Gasteiger partial charge on any atom is 0.195 e. The summed E-state index contributed by atoms with van der Waals surface area (Å²) in [7, 11) is 0. The molecule has 0 fully saturated rings. The van der Waals surface area contributed by atoms with Crippen LogP contribution in [-0.2, 0) is 0 Å². The van der Waals surface area contributed by atoms with Crippen molar-refractivity contribution in [1.29, 1.82) is 0 Å². The van der Waals surface area contributed by atoms with Crippen LogP contribution in [0, 0.1) is 5.82 Å². The molecule has 3 aromatic rings. The SMILES string of the molecule is O=C(c1cccc(F)c1)c1cnccc1C(O)c1ccccc1. The molecule has 0 radical (unpaired) electrons. The average molecular weight is 307 g/mol. The number of benzene rings is 2. The van der Waals surface area contributed by atoms with Crippen molar-refractivity contribution in [3.63, 3.8) is 0 Å². The van der Waals surface area contributed by atoms with E-state index < -0.39 is 11.9 Å². The van der Waals surface area contributed by atoms with Crippen LogP contribution >= 0.6 is 0 Å². The fourth-order valence-electron chi connectivity index (χ4n) is 2.43. The lowest BCUT2D eigenvalue weighted by Gasteiger charge is -2.15. The largest absolute Gasteiger partial charge is 0.384 e. The van der Waals surface area contributed by atoms with Crippen molar-refractivity contribution in [2.75, 3.05) is 0 Å². The highest BCUT2D eigenvalue weighted by molar-refractivity contribution is 6.09. The zero-order chi connectivity index (χ0) is 16.2. The zero-order valence-electron chi connectivity index (χ0n) is 12.2. The standard InChI is InChI=1S/C19H14FNO2/c20-15-8-4-7-14(11-15)19(23)17-12-21-10-9-16(17)18(22)13-5-2-1-3-6-13/h1-12,18,22H. The van der Waals surface area contributed by atoms with Gasteiger partial charge in [-0.1, -0.05) is 42.5 Å². The molecule has 0 aliphatic rings. The minimum atomic E-state index is -0.952. The average Bonchev–Trinajstić information content (AvgIpc) is 2.61. The predicted molar refractivity (Wildman–Crippen MR) is 84.6 cm³/mol. The van der Waals surface area contributed by atoms with Gasteiger partial charge in [-0.3, -0.25) is 9.78 Å². The Hall–Kier alpha value is -2.85. The van der Waals surface area contributed by atoms with E-state index in [0.29, 0.717) is 11.1 Å². The van der Waals surface area contributed by atoms with Gasteiger partial charge in [0.2, 0.25) is 0 Å². The van der Waals surface area contributed by atoms with Gasteiger partial charge in [0.1, 0.15) is 11.9 Å². The molecule has 0 bridgehead atoms. The summed E-state index contributed by atoms with van der Waals surface area (Å²) in [5, 5.41) is 10.6. The number of carbonyl (C=O) groups is 1. The molecule has 1 heterocycles. The summed E-state index contributed by atoms with van der Waals surface area (Å²) in [5.41, 5.74) is 1.60. The molecule has 0 aliphatic carbocycles. The van der Waals surface area contributed by atoms with Gasteiger partial charge in [0.05, 0.1) is 0 Å². The number of aliphatic hydroxyl groups is 1. The van der Waals surface area contributed by atoms with Gasteiger partial charge in [-0.15, -0.1) is 0 Å². The molecule has 1 atom stereocenters. The van der Waals surface area contributed by atoms with E-state index in [4.69, 9.17) is 0 Å². The second-order valence-corrected chi connectivity index (χ2v) is 5.12. The summed E-state index contributed by atoms with van der Waals surface area (Å²) in [6, 6.07) is 16.1. The molecular weight excluding hydrogens is 293 g/mol. The summed E-state index contributed by atoms with van der Waals surface area (Å²) < 4.78 is 13.4. The molecule has 0 amide bonds. The van der Waals surface area contributed by atoms with Crippen molar-refractivity contribution in [2.24, 2.45) is 0 Å². The molecule has 23 heavy (non-hydrogen) atoms. The molecule has 4 heteroatoms. The minimum Gasteiger partial charge on any atom is -0.384 e. The first kappa shape index (κ1) is 15.1. The molecule has 3 rings (SSSR count). The number of carbonyl (C=O) groups excluding carboxylic acids is 1. The van der Waals surface area contributed by atoms with Crippen molar-refractivity contribution in [2.45, 2.75) is 6.10 Å². The lowest BCUT2D eigenvalue weighted by molar-refractivity contribution is 0.103. The first-order valence-corrected chi connectivity index (χ1v) is 7.14. The highest BCUT2D eigenvalue weighted by Gasteiger charge is 2.20. The van der Waals surface area contributed by atoms with Crippen LogP contribution in [0.15, 0.2) is 73.1 Å². The summed E-state index contributed by atoms with van der Waals surface area (Å²) in [6.07, 6.45) is 1.96. The maximum atomic E-state index is 13.4. The number of rotatable bonds is 4. The molecule has 114 valence electrons. The van der Waals surface area contributed by atoms with Crippen LogP contribution < -0.4 is 0 Å². The summed E-state index contributed by atoms with van der Waals surface area (Å²) >= 11 is 0. The Labute approximate surface area is 133 Å². The molecule has 0 saturated heterocycles. The number of aromatic nitrogens is 1. The van der Waals surface area contributed by atoms with Crippen LogP contribution in [-0.4, -0.2) is 15.9 Å². The lowest BCUT2D eigenvalue weighted by Crippen LogP contribution is -2.10. The van der Waals surface area contributed by atoms with Crippen molar-refractivity contribution in [3.8, 4) is 0 Å². The van der Waals surface area contributed by atoms with Crippen molar-refractivity contribution in [3.05, 3.63) is 101 Å². The zero-order valence-corrected chi connectivity index (χ0v) is 12.2. The second-order valence-electron chi connectivity index (χ2n) is 5.12. The van der Waals surface area contributed by atoms with E-state index in [1.54, 1.807) is 18.2 Å². The molecule has 3 nitrogen and oxygen atoms in total. The van der Waals surface area contributed by atoms with E-state index in [-0.39, 0.29) is 16.9 Å². The van der Waals surface area contributed by atoms with Crippen molar-refractivity contribution in [1.82, 2.24) is 4.98 Å². The van der Waals surface area contributed by atoms with E-state index in [9.17, 15) is 14.3 Å².